The Labute approximate surface area is 205 Å². The van der Waals surface area contributed by atoms with Crippen LogP contribution in [-0.2, 0) is 11.2 Å². The molecule has 2 amide bonds. The van der Waals surface area contributed by atoms with Crippen molar-refractivity contribution in [3.05, 3.63) is 70.6 Å². The van der Waals surface area contributed by atoms with Crippen molar-refractivity contribution in [1.29, 1.82) is 0 Å². The van der Waals surface area contributed by atoms with Crippen LogP contribution in [0.5, 0.6) is 0 Å². The zero-order valence-electron chi connectivity index (χ0n) is 19.7. The van der Waals surface area contributed by atoms with Gasteiger partial charge in [-0.2, -0.15) is 0 Å². The van der Waals surface area contributed by atoms with Gasteiger partial charge in [-0.25, -0.2) is 4.98 Å². The molecule has 34 heavy (non-hydrogen) atoms. The van der Waals surface area contributed by atoms with Crippen LogP contribution >= 0.6 is 11.6 Å². The smallest absolute Gasteiger partial charge is 0.268 e. The second-order valence-corrected chi connectivity index (χ2v) is 9.83. The predicted molar refractivity (Wildman–Crippen MR) is 134 cm³/mol. The van der Waals surface area contributed by atoms with Gasteiger partial charge in [0.1, 0.15) is 11.3 Å². The van der Waals surface area contributed by atoms with E-state index in [4.69, 9.17) is 11.6 Å². The third-order valence-electron chi connectivity index (χ3n) is 6.15. The highest BCUT2D eigenvalue weighted by Gasteiger charge is 2.20. The Morgan fingerprint density at radius 3 is 2.71 bits per heavy atom. The Morgan fingerprint density at radius 2 is 2.00 bits per heavy atom. The minimum absolute atomic E-state index is 0.0531. The number of amides is 2. The number of carbonyl (C=O) groups is 2. The van der Waals surface area contributed by atoms with Crippen molar-refractivity contribution in [3.8, 4) is 0 Å². The number of fused-ring (bicyclic) bond motifs is 1. The van der Waals surface area contributed by atoms with E-state index in [0.29, 0.717) is 34.5 Å². The van der Waals surface area contributed by atoms with Gasteiger partial charge < -0.3 is 16.0 Å². The van der Waals surface area contributed by atoms with Gasteiger partial charge in [-0.05, 0) is 55.1 Å². The Morgan fingerprint density at radius 1 is 1.21 bits per heavy atom. The van der Waals surface area contributed by atoms with Gasteiger partial charge in [-0.3, -0.25) is 14.0 Å². The molecule has 4 rings (SSSR count). The lowest BCUT2D eigenvalue weighted by Crippen LogP contribution is -2.37. The van der Waals surface area contributed by atoms with Gasteiger partial charge in [0.05, 0.1) is 12.1 Å². The third kappa shape index (κ3) is 6.15. The van der Waals surface area contributed by atoms with Crippen LogP contribution in [0.3, 0.4) is 0 Å². The van der Waals surface area contributed by atoms with Gasteiger partial charge in [-0.1, -0.05) is 43.6 Å². The summed E-state index contributed by atoms with van der Waals surface area (Å²) in [6.45, 7) is 6.60. The lowest BCUT2D eigenvalue weighted by molar-refractivity contribution is -0.121. The molecule has 0 aliphatic carbocycles. The first-order chi connectivity index (χ1) is 16.4. The average Bonchev–Trinajstić information content (AvgIpc) is 3.45. The first kappa shape index (κ1) is 24.2. The number of aromatic nitrogens is 2. The van der Waals surface area contributed by atoms with E-state index in [1.54, 1.807) is 16.7 Å². The number of carbonyl (C=O) groups excluding carboxylic acids is 2. The number of nitrogens with zero attached hydrogens (tertiary/aromatic N) is 2. The highest BCUT2D eigenvalue weighted by atomic mass is 35.5. The molecule has 8 heteroatoms. The van der Waals surface area contributed by atoms with Gasteiger partial charge in [-0.15, -0.1) is 0 Å². The van der Waals surface area contributed by atoms with E-state index in [-0.39, 0.29) is 30.2 Å². The monoisotopic (exact) mass is 481 g/mol. The van der Waals surface area contributed by atoms with Crippen LogP contribution in [0.1, 0.15) is 54.4 Å². The fourth-order valence-electron chi connectivity index (χ4n) is 4.50. The van der Waals surface area contributed by atoms with E-state index < -0.39 is 0 Å². The van der Waals surface area contributed by atoms with Crippen molar-refractivity contribution in [2.45, 2.75) is 45.1 Å². The van der Waals surface area contributed by atoms with Crippen molar-refractivity contribution in [2.24, 2.45) is 5.92 Å². The summed E-state index contributed by atoms with van der Waals surface area (Å²) in [4.78, 5) is 30.1. The van der Waals surface area contributed by atoms with Crippen LogP contribution in [0.4, 0.5) is 0 Å². The normalized spacial score (nSPS) is 16.6. The highest BCUT2D eigenvalue weighted by molar-refractivity contribution is 6.30. The van der Waals surface area contributed by atoms with Crippen molar-refractivity contribution < 1.29 is 9.59 Å². The molecule has 1 aliphatic rings. The summed E-state index contributed by atoms with van der Waals surface area (Å²) in [6.07, 6.45) is 3.86. The molecule has 7 nitrogen and oxygen atoms in total. The Balaban J connectivity index is 1.44. The van der Waals surface area contributed by atoms with Crippen molar-refractivity contribution in [3.63, 3.8) is 0 Å². The molecule has 0 saturated carbocycles. The first-order valence-electron chi connectivity index (χ1n) is 11.9. The Hall–Kier alpha value is -2.90. The molecule has 3 N–H and O–H groups in total. The summed E-state index contributed by atoms with van der Waals surface area (Å²) in [5, 5.41) is 10.1. The van der Waals surface area contributed by atoms with Crippen LogP contribution in [0.15, 0.2) is 48.7 Å². The van der Waals surface area contributed by atoms with Crippen LogP contribution in [0.2, 0.25) is 5.02 Å². The lowest BCUT2D eigenvalue weighted by Gasteiger charge is -2.20. The van der Waals surface area contributed by atoms with Crippen LogP contribution in [-0.4, -0.2) is 46.9 Å². The quantitative estimate of drug-likeness (QED) is 0.436. The van der Waals surface area contributed by atoms with Crippen molar-refractivity contribution >= 4 is 29.1 Å². The molecule has 1 unspecified atom stereocenters. The van der Waals surface area contributed by atoms with E-state index in [2.05, 4.69) is 34.8 Å². The van der Waals surface area contributed by atoms with E-state index >= 15 is 0 Å². The van der Waals surface area contributed by atoms with Crippen LogP contribution in [0.25, 0.3) is 5.65 Å². The van der Waals surface area contributed by atoms with Gasteiger partial charge in [0.25, 0.3) is 5.91 Å². The molecule has 1 aliphatic heterocycles. The number of pyridine rings is 1. The standard InChI is InChI=1S/C26H32ClN5O2/c1-17(2)12-19(18-6-8-20(27)9-7-18)14-29-26(34)23-4-3-5-24-30-22(16-32(23)24)13-25(33)31-21-10-11-28-15-21/h3-9,16-17,19,21,28H,10-15H2,1-2H3,(H,29,34)(H,31,33)/t19?,21-/m1/s1. The molecule has 3 heterocycles. The fourth-order valence-corrected chi connectivity index (χ4v) is 4.63. The predicted octanol–water partition coefficient (Wildman–Crippen LogP) is 3.57. The summed E-state index contributed by atoms with van der Waals surface area (Å²) in [5.74, 6) is 0.456. The minimum Gasteiger partial charge on any atom is -0.352 e. The molecule has 1 aromatic carbocycles. The topological polar surface area (TPSA) is 87.5 Å². The first-order valence-corrected chi connectivity index (χ1v) is 12.3. The largest absolute Gasteiger partial charge is 0.352 e. The molecule has 1 saturated heterocycles. The molecular formula is C26H32ClN5O2. The van der Waals surface area contributed by atoms with Crippen LogP contribution in [0, 0.1) is 5.92 Å². The number of halogens is 1. The minimum atomic E-state index is -0.168. The molecule has 0 spiro atoms. The van der Waals surface area contributed by atoms with E-state index in [1.165, 1.54) is 0 Å². The molecule has 2 aromatic heterocycles. The maximum atomic E-state index is 13.1. The van der Waals surface area contributed by atoms with Crippen molar-refractivity contribution in [2.75, 3.05) is 19.6 Å². The van der Waals surface area contributed by atoms with Gasteiger partial charge in [0, 0.05) is 36.3 Å². The summed E-state index contributed by atoms with van der Waals surface area (Å²) in [7, 11) is 0. The van der Waals surface area contributed by atoms with Crippen molar-refractivity contribution in [1.82, 2.24) is 25.3 Å². The van der Waals surface area contributed by atoms with E-state index in [9.17, 15) is 9.59 Å². The summed E-state index contributed by atoms with van der Waals surface area (Å²) < 4.78 is 1.76. The zero-order chi connectivity index (χ0) is 24.1. The molecule has 0 bridgehead atoms. The number of benzene rings is 1. The average molecular weight is 482 g/mol. The number of imidazole rings is 1. The van der Waals surface area contributed by atoms with Gasteiger partial charge in [0.15, 0.2) is 0 Å². The molecule has 180 valence electrons. The molecule has 1 fully saturated rings. The van der Waals surface area contributed by atoms with E-state index in [0.717, 1.165) is 31.5 Å². The lowest BCUT2D eigenvalue weighted by atomic mass is 9.90. The second-order valence-electron chi connectivity index (χ2n) is 9.39. The zero-order valence-corrected chi connectivity index (χ0v) is 20.4. The maximum absolute atomic E-state index is 13.1. The number of nitrogens with one attached hydrogen (secondary N) is 3. The van der Waals surface area contributed by atoms with Gasteiger partial charge >= 0.3 is 0 Å². The molecule has 3 aromatic rings. The summed E-state index contributed by atoms with van der Waals surface area (Å²) in [6, 6.07) is 13.4. The van der Waals surface area contributed by atoms with E-state index in [1.807, 2.05) is 36.4 Å². The number of rotatable bonds is 9. The Kier molecular flexibility index (Phi) is 7.85. The molecule has 2 atom stereocenters. The fraction of sp³-hybridized carbons (Fsp3) is 0.423. The maximum Gasteiger partial charge on any atom is 0.268 e. The third-order valence-corrected chi connectivity index (χ3v) is 6.40. The highest BCUT2D eigenvalue weighted by Crippen LogP contribution is 2.25. The molecule has 0 radical (unpaired) electrons. The second kappa shape index (κ2) is 11.0. The SMILES string of the molecule is CC(C)CC(CNC(=O)c1cccc2nc(CC(=O)N[C@@H]3CCNC3)cn12)c1ccc(Cl)cc1. The summed E-state index contributed by atoms with van der Waals surface area (Å²) >= 11 is 6.05. The summed E-state index contributed by atoms with van der Waals surface area (Å²) in [5.41, 5.74) is 2.94. The Bertz CT molecular complexity index is 1140. The molecular weight excluding hydrogens is 450 g/mol. The number of hydrogen-bond acceptors (Lipinski definition) is 4. The van der Waals surface area contributed by atoms with Crippen LogP contribution < -0.4 is 16.0 Å². The number of hydrogen-bond donors (Lipinski definition) is 3. The van der Waals surface area contributed by atoms with Gasteiger partial charge in [0.2, 0.25) is 5.91 Å².